The molecule has 1 aromatic heterocycles. The Morgan fingerprint density at radius 1 is 1.43 bits per heavy atom. The first-order valence-electron chi connectivity index (χ1n) is 6.72. The van der Waals surface area contributed by atoms with Crippen molar-refractivity contribution in [1.82, 2.24) is 9.97 Å². The van der Waals surface area contributed by atoms with Gasteiger partial charge in [-0.15, -0.1) is 0 Å². The molecule has 0 spiro atoms. The number of rotatable bonds is 2. The number of aryl methyl sites for hydroxylation is 1. The molecule has 2 aromatic rings. The summed E-state index contributed by atoms with van der Waals surface area (Å²) in [4.78, 5) is 29.9. The molecule has 1 amide bonds. The highest BCUT2D eigenvalue weighted by Gasteiger charge is 2.27. The number of anilines is 1. The number of carbonyl (C=O) groups is 1. The van der Waals surface area contributed by atoms with Crippen LogP contribution in [0.4, 0.5) is 5.82 Å². The van der Waals surface area contributed by atoms with E-state index in [1.807, 2.05) is 24.3 Å². The third-order valence-electron chi connectivity index (χ3n) is 3.36. The minimum atomic E-state index is -0.670. The molecule has 1 aliphatic rings. The first-order valence-corrected chi connectivity index (χ1v) is 6.72. The Bertz CT molecular complexity index is 739. The molecule has 0 aliphatic carbocycles. The first kappa shape index (κ1) is 13.5. The lowest BCUT2D eigenvalue weighted by Gasteiger charge is -2.24. The molecule has 3 rings (SSSR count). The number of benzene rings is 1. The molecule has 6 nitrogen and oxygen atoms in total. The zero-order valence-electron chi connectivity index (χ0n) is 11.6. The first-order chi connectivity index (χ1) is 10.1. The second-order valence-electron chi connectivity index (χ2n) is 4.94. The van der Waals surface area contributed by atoms with E-state index in [9.17, 15) is 9.59 Å². The van der Waals surface area contributed by atoms with Gasteiger partial charge < -0.3 is 15.0 Å². The SMILES string of the molecule is Cc1cc(NC(=O)[C@H]2OCCc3ccccc32)nc(=O)[nH]1. The van der Waals surface area contributed by atoms with Gasteiger partial charge in [-0.05, 0) is 24.5 Å². The van der Waals surface area contributed by atoms with Gasteiger partial charge in [0.2, 0.25) is 0 Å². The molecule has 0 bridgehead atoms. The van der Waals surface area contributed by atoms with E-state index in [-0.39, 0.29) is 11.7 Å². The van der Waals surface area contributed by atoms with Gasteiger partial charge in [0.1, 0.15) is 5.82 Å². The molecule has 108 valence electrons. The number of amides is 1. The van der Waals surface area contributed by atoms with Crippen molar-refractivity contribution in [2.45, 2.75) is 19.4 Å². The summed E-state index contributed by atoms with van der Waals surface area (Å²) in [6, 6.07) is 9.31. The zero-order chi connectivity index (χ0) is 14.8. The Morgan fingerprint density at radius 2 is 2.24 bits per heavy atom. The Kier molecular flexibility index (Phi) is 3.53. The van der Waals surface area contributed by atoms with E-state index in [1.165, 1.54) is 0 Å². The number of aromatic amines is 1. The molecule has 2 N–H and O–H groups in total. The number of H-pyrrole nitrogens is 1. The molecular weight excluding hydrogens is 270 g/mol. The fourth-order valence-electron chi connectivity index (χ4n) is 2.45. The van der Waals surface area contributed by atoms with Crippen LogP contribution in [0.5, 0.6) is 0 Å². The summed E-state index contributed by atoms with van der Waals surface area (Å²) in [7, 11) is 0. The molecule has 0 saturated heterocycles. The van der Waals surface area contributed by atoms with E-state index < -0.39 is 11.8 Å². The number of aromatic nitrogens is 2. The standard InChI is InChI=1S/C15H15N3O3/c1-9-8-12(18-15(20)16-9)17-14(19)13-11-5-3-2-4-10(11)6-7-21-13/h2-5,8,13H,6-7H2,1H3,(H2,16,17,18,19,20)/t13-/m0/s1. The van der Waals surface area contributed by atoms with Crippen LogP contribution in [0.1, 0.15) is 22.9 Å². The zero-order valence-corrected chi connectivity index (χ0v) is 11.6. The van der Waals surface area contributed by atoms with Gasteiger partial charge in [0.25, 0.3) is 5.91 Å². The van der Waals surface area contributed by atoms with Crippen LogP contribution in [-0.4, -0.2) is 22.5 Å². The van der Waals surface area contributed by atoms with E-state index in [0.717, 1.165) is 17.5 Å². The van der Waals surface area contributed by atoms with Crippen molar-refractivity contribution in [3.63, 3.8) is 0 Å². The van der Waals surface area contributed by atoms with Crippen molar-refractivity contribution >= 4 is 11.7 Å². The van der Waals surface area contributed by atoms with Crippen molar-refractivity contribution in [3.05, 3.63) is 57.6 Å². The average Bonchev–Trinajstić information content (AvgIpc) is 2.45. The Morgan fingerprint density at radius 3 is 3.05 bits per heavy atom. The van der Waals surface area contributed by atoms with Crippen molar-refractivity contribution in [2.24, 2.45) is 0 Å². The molecular formula is C15H15N3O3. The van der Waals surface area contributed by atoms with Crippen LogP contribution >= 0.6 is 0 Å². The lowest BCUT2D eigenvalue weighted by atomic mass is 9.97. The normalized spacial score (nSPS) is 17.1. The van der Waals surface area contributed by atoms with Gasteiger partial charge in [0.15, 0.2) is 6.10 Å². The fourth-order valence-corrected chi connectivity index (χ4v) is 2.45. The van der Waals surface area contributed by atoms with Crippen molar-refractivity contribution in [3.8, 4) is 0 Å². The third-order valence-corrected chi connectivity index (χ3v) is 3.36. The number of carbonyl (C=O) groups excluding carboxylic acids is 1. The Hall–Kier alpha value is -2.47. The molecule has 6 heteroatoms. The monoisotopic (exact) mass is 285 g/mol. The summed E-state index contributed by atoms with van der Waals surface area (Å²) in [5, 5.41) is 2.64. The highest BCUT2D eigenvalue weighted by molar-refractivity contribution is 5.94. The van der Waals surface area contributed by atoms with Crippen molar-refractivity contribution in [1.29, 1.82) is 0 Å². The van der Waals surface area contributed by atoms with Gasteiger partial charge in [-0.1, -0.05) is 24.3 Å². The molecule has 0 saturated carbocycles. The van der Waals surface area contributed by atoms with Crippen molar-refractivity contribution < 1.29 is 9.53 Å². The fraction of sp³-hybridized carbons (Fsp3) is 0.267. The summed E-state index contributed by atoms with van der Waals surface area (Å²) < 4.78 is 5.57. The lowest BCUT2D eigenvalue weighted by Crippen LogP contribution is -2.29. The van der Waals surface area contributed by atoms with Crippen LogP contribution in [-0.2, 0) is 16.0 Å². The van der Waals surface area contributed by atoms with Gasteiger partial charge in [-0.2, -0.15) is 4.98 Å². The van der Waals surface area contributed by atoms with Crippen LogP contribution in [0.15, 0.2) is 35.1 Å². The molecule has 21 heavy (non-hydrogen) atoms. The molecule has 2 heterocycles. The predicted octanol–water partition coefficient (Wildman–Crippen LogP) is 1.33. The largest absolute Gasteiger partial charge is 0.363 e. The van der Waals surface area contributed by atoms with E-state index in [0.29, 0.717) is 12.3 Å². The van der Waals surface area contributed by atoms with Gasteiger partial charge >= 0.3 is 5.69 Å². The summed E-state index contributed by atoms with van der Waals surface area (Å²) in [5.74, 6) is -0.0902. The highest BCUT2D eigenvalue weighted by Crippen LogP contribution is 2.27. The maximum atomic E-state index is 12.4. The van der Waals surface area contributed by atoms with Crippen LogP contribution < -0.4 is 11.0 Å². The van der Waals surface area contributed by atoms with Crippen LogP contribution in [0, 0.1) is 6.92 Å². The van der Waals surface area contributed by atoms with Gasteiger partial charge in [-0.25, -0.2) is 4.79 Å². The number of hydrogen-bond donors (Lipinski definition) is 2. The van der Waals surface area contributed by atoms with Crippen LogP contribution in [0.3, 0.4) is 0 Å². The summed E-state index contributed by atoms with van der Waals surface area (Å²) in [6.45, 7) is 2.22. The maximum absolute atomic E-state index is 12.4. The van der Waals surface area contributed by atoms with Gasteiger partial charge in [-0.3, -0.25) is 4.79 Å². The summed E-state index contributed by atoms with van der Waals surface area (Å²) in [5.41, 5.74) is 2.12. The van der Waals surface area contributed by atoms with E-state index in [1.54, 1.807) is 13.0 Å². The van der Waals surface area contributed by atoms with Gasteiger partial charge in [0.05, 0.1) is 6.61 Å². The lowest BCUT2D eigenvalue weighted by molar-refractivity contribution is -0.128. The molecule has 0 unspecified atom stereocenters. The van der Waals surface area contributed by atoms with E-state index in [2.05, 4.69) is 15.3 Å². The quantitative estimate of drug-likeness (QED) is 0.872. The highest BCUT2D eigenvalue weighted by atomic mass is 16.5. The number of hydrogen-bond acceptors (Lipinski definition) is 4. The minimum Gasteiger partial charge on any atom is -0.363 e. The maximum Gasteiger partial charge on any atom is 0.347 e. The molecule has 1 aromatic carbocycles. The number of fused-ring (bicyclic) bond motifs is 1. The van der Waals surface area contributed by atoms with E-state index in [4.69, 9.17) is 4.74 Å². The number of ether oxygens (including phenoxy) is 1. The predicted molar refractivity (Wildman–Crippen MR) is 77.1 cm³/mol. The average molecular weight is 285 g/mol. The van der Waals surface area contributed by atoms with Gasteiger partial charge in [0, 0.05) is 11.8 Å². The second-order valence-corrected chi connectivity index (χ2v) is 4.94. The third kappa shape index (κ3) is 2.85. The number of nitrogens with zero attached hydrogens (tertiary/aromatic N) is 1. The Labute approximate surface area is 121 Å². The van der Waals surface area contributed by atoms with Crippen LogP contribution in [0.2, 0.25) is 0 Å². The topological polar surface area (TPSA) is 84.1 Å². The molecule has 1 aliphatic heterocycles. The smallest absolute Gasteiger partial charge is 0.347 e. The van der Waals surface area contributed by atoms with E-state index >= 15 is 0 Å². The molecule has 1 atom stereocenters. The molecule has 0 fully saturated rings. The van der Waals surface area contributed by atoms with Crippen molar-refractivity contribution in [2.75, 3.05) is 11.9 Å². The molecule has 0 radical (unpaired) electrons. The Balaban J connectivity index is 1.85. The summed E-state index contributed by atoms with van der Waals surface area (Å²) >= 11 is 0. The minimum absolute atomic E-state index is 0.230. The summed E-state index contributed by atoms with van der Waals surface area (Å²) in [6.07, 6.45) is 0.124. The number of nitrogens with one attached hydrogen (secondary N) is 2. The second kappa shape index (κ2) is 5.49. The van der Waals surface area contributed by atoms with Crippen LogP contribution in [0.25, 0.3) is 0 Å².